The largest absolute Gasteiger partial charge is 0.494 e. The zero-order valence-electron chi connectivity index (χ0n) is 9.08. The summed E-state index contributed by atoms with van der Waals surface area (Å²) in [4.78, 5) is 3.98. The number of benzene rings is 1. The van der Waals surface area contributed by atoms with Crippen LogP contribution >= 0.6 is 0 Å². The molecule has 17 heavy (non-hydrogen) atoms. The van der Waals surface area contributed by atoms with Crippen molar-refractivity contribution in [2.24, 2.45) is 0 Å². The van der Waals surface area contributed by atoms with E-state index in [-0.39, 0.29) is 16.9 Å². The number of hydrogen-bond donors (Lipinski definition) is 1. The Bertz CT molecular complexity index is 558. The van der Waals surface area contributed by atoms with Crippen molar-refractivity contribution in [2.75, 3.05) is 12.8 Å². The highest BCUT2D eigenvalue weighted by Gasteiger charge is 2.14. The number of halogens is 2. The molecule has 1 aromatic heterocycles. The van der Waals surface area contributed by atoms with Gasteiger partial charge in [-0.25, -0.2) is 8.78 Å². The van der Waals surface area contributed by atoms with Crippen LogP contribution in [0.4, 0.5) is 14.5 Å². The van der Waals surface area contributed by atoms with Crippen molar-refractivity contribution in [3.05, 3.63) is 42.1 Å². The molecule has 0 fully saturated rings. The highest BCUT2D eigenvalue weighted by atomic mass is 19.1. The number of hydrogen-bond acceptors (Lipinski definition) is 3. The summed E-state index contributed by atoms with van der Waals surface area (Å²) in [6, 6.07) is 5.21. The molecule has 2 aromatic rings. The summed E-state index contributed by atoms with van der Waals surface area (Å²) in [7, 11) is 1.44. The molecule has 0 aliphatic heterocycles. The van der Waals surface area contributed by atoms with E-state index in [9.17, 15) is 8.78 Å². The third-order valence-electron chi connectivity index (χ3n) is 2.33. The molecular formula is C12H10F2N2O. The predicted octanol–water partition coefficient (Wildman–Crippen LogP) is 2.62. The standard InChI is InChI=1S/C12H10F2N2O/c1-17-11-3-2-4-16-12(11)7-5-9(14)10(15)6-8(7)13/h2-6H,15H2,1H3. The fourth-order valence-electron chi connectivity index (χ4n) is 1.50. The number of nitrogens with two attached hydrogens (primary N) is 1. The lowest BCUT2D eigenvalue weighted by atomic mass is 10.1. The van der Waals surface area contributed by atoms with Crippen LogP contribution in [-0.2, 0) is 0 Å². The molecule has 0 unspecified atom stereocenters. The first kappa shape index (κ1) is 11.3. The van der Waals surface area contributed by atoms with E-state index < -0.39 is 11.6 Å². The van der Waals surface area contributed by atoms with Crippen LogP contribution in [0, 0.1) is 11.6 Å². The molecule has 0 saturated carbocycles. The van der Waals surface area contributed by atoms with Crippen LogP contribution < -0.4 is 10.5 Å². The number of aromatic nitrogens is 1. The summed E-state index contributed by atoms with van der Waals surface area (Å²) < 4.78 is 32.1. The molecule has 1 heterocycles. The van der Waals surface area contributed by atoms with Gasteiger partial charge in [0.1, 0.15) is 23.1 Å². The van der Waals surface area contributed by atoms with E-state index in [1.807, 2.05) is 0 Å². The molecule has 0 amide bonds. The number of nitrogen functional groups attached to an aromatic ring is 1. The molecule has 5 heteroatoms. The Morgan fingerprint density at radius 2 is 2.00 bits per heavy atom. The Hall–Kier alpha value is -2.17. The zero-order chi connectivity index (χ0) is 12.4. The van der Waals surface area contributed by atoms with Crippen molar-refractivity contribution in [1.82, 2.24) is 4.98 Å². The fraction of sp³-hybridized carbons (Fsp3) is 0.0833. The van der Waals surface area contributed by atoms with Gasteiger partial charge in [0.15, 0.2) is 0 Å². The van der Waals surface area contributed by atoms with Crippen molar-refractivity contribution < 1.29 is 13.5 Å². The van der Waals surface area contributed by atoms with Crippen LogP contribution in [0.25, 0.3) is 11.3 Å². The van der Waals surface area contributed by atoms with E-state index in [0.29, 0.717) is 5.75 Å². The highest BCUT2D eigenvalue weighted by molar-refractivity contribution is 5.68. The Labute approximate surface area is 96.9 Å². The van der Waals surface area contributed by atoms with Crippen molar-refractivity contribution in [1.29, 1.82) is 0 Å². The molecule has 1 aromatic carbocycles. The second-order valence-corrected chi connectivity index (χ2v) is 3.41. The van der Waals surface area contributed by atoms with Gasteiger partial charge in [0, 0.05) is 17.8 Å². The summed E-state index contributed by atoms with van der Waals surface area (Å²) in [6.07, 6.45) is 1.48. The van der Waals surface area contributed by atoms with Gasteiger partial charge in [-0.2, -0.15) is 0 Å². The van der Waals surface area contributed by atoms with E-state index in [0.717, 1.165) is 12.1 Å². The zero-order valence-corrected chi connectivity index (χ0v) is 9.08. The van der Waals surface area contributed by atoms with Crippen LogP contribution in [-0.4, -0.2) is 12.1 Å². The van der Waals surface area contributed by atoms with Crippen molar-refractivity contribution in [3.63, 3.8) is 0 Å². The Kier molecular flexibility index (Phi) is 2.91. The number of anilines is 1. The number of rotatable bonds is 2. The molecular weight excluding hydrogens is 226 g/mol. The number of nitrogens with zero attached hydrogens (tertiary/aromatic N) is 1. The molecule has 0 atom stereocenters. The molecule has 2 N–H and O–H groups in total. The summed E-state index contributed by atoms with van der Waals surface area (Å²) in [5.41, 5.74) is 5.30. The molecule has 0 bridgehead atoms. The number of methoxy groups -OCH3 is 1. The van der Waals surface area contributed by atoms with Gasteiger partial charge >= 0.3 is 0 Å². The van der Waals surface area contributed by atoms with Crippen LogP contribution in [0.3, 0.4) is 0 Å². The minimum atomic E-state index is -0.686. The van der Waals surface area contributed by atoms with Gasteiger partial charge in [-0.05, 0) is 18.2 Å². The fourth-order valence-corrected chi connectivity index (χ4v) is 1.50. The molecule has 0 radical (unpaired) electrons. The first-order chi connectivity index (χ1) is 8.13. The lowest BCUT2D eigenvalue weighted by Crippen LogP contribution is -1.97. The average molecular weight is 236 g/mol. The molecule has 2 rings (SSSR count). The van der Waals surface area contributed by atoms with E-state index in [2.05, 4.69) is 4.98 Å². The van der Waals surface area contributed by atoms with Gasteiger partial charge in [0.2, 0.25) is 0 Å². The molecule has 0 saturated heterocycles. The quantitative estimate of drug-likeness (QED) is 0.815. The summed E-state index contributed by atoms with van der Waals surface area (Å²) in [5, 5.41) is 0. The summed E-state index contributed by atoms with van der Waals surface area (Å²) in [5.74, 6) is -0.953. The van der Waals surface area contributed by atoms with Gasteiger partial charge in [-0.3, -0.25) is 4.98 Å². The van der Waals surface area contributed by atoms with E-state index in [1.165, 1.54) is 13.3 Å². The highest BCUT2D eigenvalue weighted by Crippen LogP contribution is 2.31. The average Bonchev–Trinajstić information content (AvgIpc) is 2.34. The van der Waals surface area contributed by atoms with Gasteiger partial charge in [0.25, 0.3) is 0 Å². The van der Waals surface area contributed by atoms with Crippen LogP contribution in [0.5, 0.6) is 5.75 Å². The van der Waals surface area contributed by atoms with Crippen LogP contribution in [0.2, 0.25) is 0 Å². The van der Waals surface area contributed by atoms with Gasteiger partial charge in [-0.1, -0.05) is 0 Å². The molecule has 0 aliphatic carbocycles. The maximum Gasteiger partial charge on any atom is 0.146 e. The maximum absolute atomic E-state index is 13.7. The van der Waals surface area contributed by atoms with E-state index in [1.54, 1.807) is 12.1 Å². The number of ether oxygens (including phenoxy) is 1. The smallest absolute Gasteiger partial charge is 0.146 e. The van der Waals surface area contributed by atoms with Crippen LogP contribution in [0.1, 0.15) is 0 Å². The second kappa shape index (κ2) is 4.37. The third kappa shape index (κ3) is 2.04. The lowest BCUT2D eigenvalue weighted by molar-refractivity contribution is 0.414. The summed E-state index contributed by atoms with van der Waals surface area (Å²) >= 11 is 0. The van der Waals surface area contributed by atoms with Gasteiger partial charge in [-0.15, -0.1) is 0 Å². The molecule has 88 valence electrons. The number of pyridine rings is 1. The minimum absolute atomic E-state index is 0.0224. The van der Waals surface area contributed by atoms with Gasteiger partial charge < -0.3 is 10.5 Å². The molecule has 3 nitrogen and oxygen atoms in total. The summed E-state index contributed by atoms with van der Waals surface area (Å²) in [6.45, 7) is 0. The Balaban J connectivity index is 2.64. The second-order valence-electron chi connectivity index (χ2n) is 3.41. The van der Waals surface area contributed by atoms with Crippen molar-refractivity contribution in [2.45, 2.75) is 0 Å². The topological polar surface area (TPSA) is 48.1 Å². The predicted molar refractivity (Wildman–Crippen MR) is 60.6 cm³/mol. The normalized spacial score (nSPS) is 10.3. The van der Waals surface area contributed by atoms with Crippen molar-refractivity contribution >= 4 is 5.69 Å². The lowest BCUT2D eigenvalue weighted by Gasteiger charge is -2.09. The first-order valence-corrected chi connectivity index (χ1v) is 4.87. The van der Waals surface area contributed by atoms with Gasteiger partial charge in [0.05, 0.1) is 12.8 Å². The van der Waals surface area contributed by atoms with Crippen LogP contribution in [0.15, 0.2) is 30.5 Å². The van der Waals surface area contributed by atoms with Crippen molar-refractivity contribution in [3.8, 4) is 17.0 Å². The maximum atomic E-state index is 13.7. The minimum Gasteiger partial charge on any atom is -0.494 e. The Morgan fingerprint density at radius 3 is 2.71 bits per heavy atom. The third-order valence-corrected chi connectivity index (χ3v) is 2.33. The van der Waals surface area contributed by atoms with E-state index in [4.69, 9.17) is 10.5 Å². The van der Waals surface area contributed by atoms with E-state index >= 15 is 0 Å². The monoisotopic (exact) mass is 236 g/mol. The first-order valence-electron chi connectivity index (χ1n) is 4.87. The Morgan fingerprint density at radius 1 is 1.24 bits per heavy atom. The SMILES string of the molecule is COc1cccnc1-c1cc(F)c(N)cc1F. The molecule has 0 aliphatic rings. The molecule has 0 spiro atoms.